The molecule has 0 aliphatic rings. The first-order valence-electron chi connectivity index (χ1n) is 8.62. The highest BCUT2D eigenvalue weighted by atomic mass is 16.1. The van der Waals surface area contributed by atoms with Gasteiger partial charge in [-0.25, -0.2) is 0 Å². The lowest BCUT2D eigenvalue weighted by molar-refractivity contribution is 1.79. The maximum absolute atomic E-state index is 13.0. The van der Waals surface area contributed by atoms with Crippen LogP contribution >= 0.6 is 0 Å². The van der Waals surface area contributed by atoms with E-state index in [1.54, 1.807) is 6.07 Å². The van der Waals surface area contributed by atoms with Crippen molar-refractivity contribution >= 4 is 53.9 Å². The Morgan fingerprint density at radius 2 is 0.808 bits per heavy atom. The molecule has 0 aromatic heterocycles. The molecule has 6 aromatic rings. The monoisotopic (exact) mass is 332 g/mol. The van der Waals surface area contributed by atoms with Gasteiger partial charge >= 0.3 is 0 Å². The predicted octanol–water partition coefficient (Wildman–Crippen LogP) is 5.05. The van der Waals surface area contributed by atoms with Crippen LogP contribution in [0.25, 0.3) is 53.9 Å². The van der Waals surface area contributed by atoms with Crippen molar-refractivity contribution in [1.82, 2.24) is 0 Å². The van der Waals surface area contributed by atoms with Gasteiger partial charge in [0.15, 0.2) is 10.9 Å². The molecule has 0 radical (unpaired) electrons. The lowest BCUT2D eigenvalue weighted by atomic mass is 10.0. The van der Waals surface area contributed by atoms with Crippen molar-refractivity contribution in [2.24, 2.45) is 0 Å². The van der Waals surface area contributed by atoms with Crippen LogP contribution in [0, 0.1) is 0 Å². The van der Waals surface area contributed by atoms with Crippen LogP contribution in [-0.4, -0.2) is 0 Å². The average molecular weight is 332 g/mol. The van der Waals surface area contributed by atoms with E-state index in [4.69, 9.17) is 0 Å². The average Bonchev–Trinajstić information content (AvgIpc) is 3.12. The molecule has 0 N–H and O–H groups in total. The fourth-order valence-corrected chi connectivity index (χ4v) is 4.28. The van der Waals surface area contributed by atoms with Crippen molar-refractivity contribution in [3.63, 3.8) is 0 Å². The zero-order valence-electron chi connectivity index (χ0n) is 13.7. The van der Waals surface area contributed by atoms with Gasteiger partial charge in [0.05, 0.1) is 0 Å². The van der Waals surface area contributed by atoms with E-state index in [0.717, 1.165) is 43.1 Å². The molecule has 6 rings (SSSR count). The van der Waals surface area contributed by atoms with E-state index in [-0.39, 0.29) is 10.9 Å². The van der Waals surface area contributed by atoms with Crippen LogP contribution in [0.5, 0.6) is 0 Å². The summed E-state index contributed by atoms with van der Waals surface area (Å²) in [6.45, 7) is 0. The summed E-state index contributed by atoms with van der Waals surface area (Å²) in [5.41, 5.74) is 0.0135. The van der Waals surface area contributed by atoms with Gasteiger partial charge in [-0.15, -0.1) is 0 Å². The molecule has 120 valence electrons. The maximum Gasteiger partial charge on any atom is 0.194 e. The number of benzene rings is 4. The predicted molar refractivity (Wildman–Crippen MR) is 109 cm³/mol. The van der Waals surface area contributed by atoms with Crippen LogP contribution in [-0.2, 0) is 0 Å². The van der Waals surface area contributed by atoms with Crippen LogP contribution in [0.15, 0.2) is 82.4 Å². The van der Waals surface area contributed by atoms with Crippen LogP contribution in [0.2, 0.25) is 0 Å². The van der Waals surface area contributed by atoms with Gasteiger partial charge < -0.3 is 0 Å². The number of hydrogen-bond acceptors (Lipinski definition) is 2. The number of hydrogen-bond donors (Lipinski definition) is 0. The van der Waals surface area contributed by atoms with Crippen LogP contribution in [0.1, 0.15) is 0 Å². The standard InChI is InChI=1S/C24H12O2/c25-23-16-8-4-3-7-15(16)18-11-19-17-9-13-5-1-2-6-14(13)10-20(17)24(26)22(19)12-21(18)23/h1-12H. The molecule has 0 amide bonds. The fraction of sp³-hybridized carbons (Fsp3) is 0. The van der Waals surface area contributed by atoms with Crippen molar-refractivity contribution in [3.8, 4) is 0 Å². The van der Waals surface area contributed by atoms with Gasteiger partial charge in [-0.05, 0) is 56.6 Å². The Hall–Kier alpha value is -3.52. The molecule has 0 atom stereocenters. The normalized spacial score (nSPS) is 12.2. The molecule has 0 aliphatic heterocycles. The third-order valence-corrected chi connectivity index (χ3v) is 5.53. The van der Waals surface area contributed by atoms with Crippen LogP contribution in [0.3, 0.4) is 0 Å². The van der Waals surface area contributed by atoms with Crippen molar-refractivity contribution in [2.75, 3.05) is 0 Å². The van der Waals surface area contributed by atoms with Gasteiger partial charge in [0, 0.05) is 21.5 Å². The Bertz CT molecular complexity index is 1610. The van der Waals surface area contributed by atoms with Gasteiger partial charge in [0.2, 0.25) is 0 Å². The smallest absolute Gasteiger partial charge is 0.194 e. The second-order valence-electron chi connectivity index (χ2n) is 6.89. The molecule has 2 heteroatoms. The Morgan fingerprint density at radius 3 is 1.54 bits per heavy atom. The summed E-state index contributed by atoms with van der Waals surface area (Å²) in [5, 5.41) is 8.66. The molecular weight excluding hydrogens is 320 g/mol. The summed E-state index contributed by atoms with van der Waals surface area (Å²) in [7, 11) is 0. The summed E-state index contributed by atoms with van der Waals surface area (Å²) in [4.78, 5) is 25.7. The first-order valence-corrected chi connectivity index (χ1v) is 8.62. The van der Waals surface area contributed by atoms with Crippen LogP contribution < -0.4 is 10.9 Å². The zero-order chi connectivity index (χ0) is 17.4. The summed E-state index contributed by atoms with van der Waals surface area (Å²) in [6, 6.07) is 23.6. The van der Waals surface area contributed by atoms with Crippen molar-refractivity contribution in [1.29, 1.82) is 0 Å². The molecule has 0 fully saturated rings. The lowest BCUT2D eigenvalue weighted by Crippen LogP contribution is -1.96. The van der Waals surface area contributed by atoms with Crippen LogP contribution in [0.4, 0.5) is 0 Å². The molecule has 0 unspecified atom stereocenters. The largest absolute Gasteiger partial charge is 0.289 e. The summed E-state index contributed by atoms with van der Waals surface area (Å²) < 4.78 is 0. The SMILES string of the molecule is O=c1c2ccccc2c2cc3c(cc12)c(=O)c1cc2ccccc2cc13. The second kappa shape index (κ2) is 4.55. The Labute approximate surface area is 147 Å². The molecule has 0 aliphatic carbocycles. The molecule has 6 aromatic carbocycles. The molecule has 0 heterocycles. The molecule has 2 nitrogen and oxygen atoms in total. The summed E-state index contributed by atoms with van der Waals surface area (Å²) in [5.74, 6) is 0. The van der Waals surface area contributed by atoms with E-state index in [1.165, 1.54) is 0 Å². The molecular formula is C24H12O2. The summed E-state index contributed by atoms with van der Waals surface area (Å²) >= 11 is 0. The fourth-order valence-electron chi connectivity index (χ4n) is 4.28. The minimum absolute atomic E-state index is 0.00677. The highest BCUT2D eigenvalue weighted by molar-refractivity contribution is 6.22. The van der Waals surface area contributed by atoms with E-state index < -0.39 is 0 Å². The minimum Gasteiger partial charge on any atom is -0.289 e. The van der Waals surface area contributed by atoms with Crippen molar-refractivity contribution < 1.29 is 0 Å². The summed E-state index contributed by atoms with van der Waals surface area (Å²) in [6.07, 6.45) is 0. The third-order valence-electron chi connectivity index (χ3n) is 5.53. The first kappa shape index (κ1) is 13.7. The van der Waals surface area contributed by atoms with Gasteiger partial charge in [0.1, 0.15) is 0 Å². The van der Waals surface area contributed by atoms with E-state index in [1.807, 2.05) is 54.6 Å². The molecule has 0 saturated heterocycles. The Balaban J connectivity index is 1.91. The van der Waals surface area contributed by atoms with Crippen molar-refractivity contribution in [2.45, 2.75) is 0 Å². The molecule has 26 heavy (non-hydrogen) atoms. The zero-order valence-corrected chi connectivity index (χ0v) is 13.7. The van der Waals surface area contributed by atoms with Gasteiger partial charge in [-0.1, -0.05) is 48.5 Å². The minimum atomic E-state index is 0.00677. The van der Waals surface area contributed by atoms with Gasteiger partial charge in [-0.3, -0.25) is 9.59 Å². The first-order chi connectivity index (χ1) is 12.7. The Morgan fingerprint density at radius 1 is 0.385 bits per heavy atom. The highest BCUT2D eigenvalue weighted by Gasteiger charge is 2.16. The number of fused-ring (bicyclic) bond motifs is 7. The lowest BCUT2D eigenvalue weighted by Gasteiger charge is -1.99. The highest BCUT2D eigenvalue weighted by Crippen LogP contribution is 2.33. The third kappa shape index (κ3) is 1.56. The molecule has 0 saturated carbocycles. The van der Waals surface area contributed by atoms with E-state index in [9.17, 15) is 9.59 Å². The molecule has 0 bridgehead atoms. The van der Waals surface area contributed by atoms with Crippen molar-refractivity contribution in [3.05, 3.63) is 93.2 Å². The topological polar surface area (TPSA) is 34.1 Å². The quantitative estimate of drug-likeness (QED) is 0.390. The molecule has 0 spiro atoms. The second-order valence-corrected chi connectivity index (χ2v) is 6.89. The van der Waals surface area contributed by atoms with E-state index >= 15 is 0 Å². The maximum atomic E-state index is 13.0. The van der Waals surface area contributed by atoms with E-state index in [0.29, 0.717) is 10.8 Å². The van der Waals surface area contributed by atoms with Gasteiger partial charge in [-0.2, -0.15) is 0 Å². The number of rotatable bonds is 0. The van der Waals surface area contributed by atoms with Gasteiger partial charge in [0.25, 0.3) is 0 Å². The Kier molecular flexibility index (Phi) is 2.41. The van der Waals surface area contributed by atoms with E-state index in [2.05, 4.69) is 12.1 Å².